The van der Waals surface area contributed by atoms with Gasteiger partial charge in [-0.15, -0.1) is 0 Å². The molecular weight excluding hydrogens is 335 g/mol. The molecule has 0 spiro atoms. The largest absolute Gasteiger partial charge is 0.461 e. The van der Waals surface area contributed by atoms with E-state index in [1.807, 2.05) is 12.1 Å². The summed E-state index contributed by atoms with van der Waals surface area (Å²) in [5, 5.41) is 13.4. The summed E-state index contributed by atoms with van der Waals surface area (Å²) < 4.78 is 18.9. The Morgan fingerprint density at radius 1 is 1.15 bits per heavy atom. The number of aromatic amines is 1. The van der Waals surface area contributed by atoms with E-state index in [1.54, 1.807) is 31.5 Å². The van der Waals surface area contributed by atoms with Crippen molar-refractivity contribution in [3.8, 4) is 11.6 Å². The first-order valence-corrected chi connectivity index (χ1v) is 8.39. The van der Waals surface area contributed by atoms with Gasteiger partial charge in [0.1, 0.15) is 11.6 Å². The Balaban J connectivity index is 1.41. The molecule has 8 heteroatoms. The molecule has 3 rings (SSSR count). The van der Waals surface area contributed by atoms with Crippen molar-refractivity contribution in [3.63, 3.8) is 0 Å². The first-order valence-electron chi connectivity index (χ1n) is 8.39. The molecular formula is C18H21FN6O. The van der Waals surface area contributed by atoms with Gasteiger partial charge in [-0.05, 0) is 30.2 Å². The Morgan fingerprint density at radius 2 is 1.96 bits per heavy atom. The van der Waals surface area contributed by atoms with Gasteiger partial charge in [0.2, 0.25) is 5.82 Å². The topological polar surface area (TPSA) is 91.1 Å². The molecule has 7 nitrogen and oxygen atoms in total. The molecule has 26 heavy (non-hydrogen) atoms. The van der Waals surface area contributed by atoms with E-state index in [9.17, 15) is 4.39 Å². The van der Waals surface area contributed by atoms with Crippen LogP contribution >= 0.6 is 0 Å². The van der Waals surface area contributed by atoms with Crippen LogP contribution in [0.5, 0.6) is 0 Å². The maximum atomic E-state index is 13.6. The Labute approximate surface area is 150 Å². The summed E-state index contributed by atoms with van der Waals surface area (Å²) >= 11 is 0. The molecule has 0 unspecified atom stereocenters. The van der Waals surface area contributed by atoms with Crippen LogP contribution in [0.25, 0.3) is 11.6 Å². The molecule has 1 aromatic carbocycles. The number of aromatic nitrogens is 3. The predicted octanol–water partition coefficient (Wildman–Crippen LogP) is 2.15. The fraction of sp³-hybridized carbons (Fsp3) is 0.278. The van der Waals surface area contributed by atoms with E-state index in [-0.39, 0.29) is 5.82 Å². The van der Waals surface area contributed by atoms with Crippen LogP contribution in [-0.2, 0) is 12.8 Å². The molecule has 0 atom stereocenters. The molecule has 3 N–H and O–H groups in total. The summed E-state index contributed by atoms with van der Waals surface area (Å²) in [6.07, 6.45) is 2.83. The molecule has 0 fully saturated rings. The molecule has 0 amide bonds. The fourth-order valence-electron chi connectivity index (χ4n) is 2.46. The van der Waals surface area contributed by atoms with Crippen LogP contribution in [0.1, 0.15) is 11.4 Å². The van der Waals surface area contributed by atoms with Crippen molar-refractivity contribution in [3.05, 3.63) is 59.9 Å². The number of rotatable bonds is 7. The van der Waals surface area contributed by atoms with Crippen molar-refractivity contribution >= 4 is 5.96 Å². The van der Waals surface area contributed by atoms with E-state index in [0.717, 1.165) is 5.82 Å². The molecule has 3 aromatic rings. The highest BCUT2D eigenvalue weighted by Crippen LogP contribution is 2.14. The standard InChI is InChI=1S/C18H21FN6O/c1-20-18(21-10-8-13-5-2-3-6-14(13)19)22-11-9-16-23-17(25-24-16)15-7-4-12-26-15/h2-7,12H,8-11H2,1H3,(H2,20,21,22)(H,23,24,25). The fourth-order valence-corrected chi connectivity index (χ4v) is 2.46. The van der Waals surface area contributed by atoms with Crippen LogP contribution in [0.2, 0.25) is 0 Å². The summed E-state index contributed by atoms with van der Waals surface area (Å²) in [7, 11) is 1.70. The third-order valence-corrected chi connectivity index (χ3v) is 3.80. The van der Waals surface area contributed by atoms with Crippen LogP contribution in [0.15, 0.2) is 52.1 Å². The second-order valence-corrected chi connectivity index (χ2v) is 5.60. The smallest absolute Gasteiger partial charge is 0.216 e. The minimum Gasteiger partial charge on any atom is -0.461 e. The van der Waals surface area contributed by atoms with Gasteiger partial charge in [0.05, 0.1) is 6.26 Å². The van der Waals surface area contributed by atoms with E-state index in [0.29, 0.717) is 49.0 Å². The van der Waals surface area contributed by atoms with Gasteiger partial charge < -0.3 is 15.1 Å². The second-order valence-electron chi connectivity index (χ2n) is 5.60. The van der Waals surface area contributed by atoms with Gasteiger partial charge >= 0.3 is 0 Å². The first kappa shape index (κ1) is 17.7. The lowest BCUT2D eigenvalue weighted by molar-refractivity contribution is 0.577. The van der Waals surface area contributed by atoms with Crippen LogP contribution in [-0.4, -0.2) is 41.3 Å². The Kier molecular flexibility index (Phi) is 5.97. The number of H-pyrrole nitrogens is 1. The molecule has 0 radical (unpaired) electrons. The average molecular weight is 356 g/mol. The first-order chi connectivity index (χ1) is 12.8. The molecule has 0 bridgehead atoms. The monoisotopic (exact) mass is 356 g/mol. The lowest BCUT2D eigenvalue weighted by Crippen LogP contribution is -2.39. The predicted molar refractivity (Wildman–Crippen MR) is 97.3 cm³/mol. The summed E-state index contributed by atoms with van der Waals surface area (Å²) in [5.74, 6) is 2.40. The summed E-state index contributed by atoms with van der Waals surface area (Å²) in [4.78, 5) is 8.54. The third kappa shape index (κ3) is 4.69. The maximum absolute atomic E-state index is 13.6. The second kappa shape index (κ2) is 8.80. The third-order valence-electron chi connectivity index (χ3n) is 3.80. The average Bonchev–Trinajstić information content (AvgIpc) is 3.33. The SMILES string of the molecule is CN=C(NCCc1nc(-c2ccco2)n[nH]1)NCCc1ccccc1F. The minimum absolute atomic E-state index is 0.185. The quantitative estimate of drug-likeness (QED) is 0.446. The normalized spacial score (nSPS) is 11.5. The molecule has 2 heterocycles. The molecule has 136 valence electrons. The zero-order valence-corrected chi connectivity index (χ0v) is 14.5. The van der Waals surface area contributed by atoms with Gasteiger partial charge in [-0.3, -0.25) is 10.1 Å². The summed E-state index contributed by atoms with van der Waals surface area (Å²) in [6.45, 7) is 1.22. The van der Waals surface area contributed by atoms with Crippen LogP contribution in [0.4, 0.5) is 4.39 Å². The number of aliphatic imine (C=N–C) groups is 1. The number of benzene rings is 1. The number of furan rings is 1. The molecule has 0 aliphatic heterocycles. The number of guanidine groups is 1. The zero-order chi connectivity index (χ0) is 18.2. The highest BCUT2D eigenvalue weighted by Gasteiger charge is 2.08. The van der Waals surface area contributed by atoms with Gasteiger partial charge in [-0.1, -0.05) is 18.2 Å². The van der Waals surface area contributed by atoms with Gasteiger partial charge in [0.25, 0.3) is 0 Å². The van der Waals surface area contributed by atoms with E-state index in [4.69, 9.17) is 4.42 Å². The highest BCUT2D eigenvalue weighted by molar-refractivity contribution is 5.79. The van der Waals surface area contributed by atoms with Crippen molar-refractivity contribution in [2.24, 2.45) is 4.99 Å². The van der Waals surface area contributed by atoms with Gasteiger partial charge in [0.15, 0.2) is 11.7 Å². The zero-order valence-electron chi connectivity index (χ0n) is 14.5. The minimum atomic E-state index is -0.185. The van der Waals surface area contributed by atoms with Gasteiger partial charge in [-0.25, -0.2) is 9.37 Å². The van der Waals surface area contributed by atoms with Crippen molar-refractivity contribution in [1.82, 2.24) is 25.8 Å². The van der Waals surface area contributed by atoms with Crippen molar-refractivity contribution in [1.29, 1.82) is 0 Å². The van der Waals surface area contributed by atoms with Crippen LogP contribution in [0.3, 0.4) is 0 Å². The number of nitrogens with zero attached hydrogens (tertiary/aromatic N) is 3. The molecule has 0 aliphatic carbocycles. The highest BCUT2D eigenvalue weighted by atomic mass is 19.1. The van der Waals surface area contributed by atoms with Crippen molar-refractivity contribution in [2.75, 3.05) is 20.1 Å². The van der Waals surface area contributed by atoms with Crippen LogP contribution in [0, 0.1) is 5.82 Å². The molecule has 0 saturated carbocycles. The summed E-state index contributed by atoms with van der Waals surface area (Å²) in [5.41, 5.74) is 0.683. The number of hydrogen-bond donors (Lipinski definition) is 3. The Morgan fingerprint density at radius 3 is 2.69 bits per heavy atom. The number of nitrogens with one attached hydrogen (secondary N) is 3. The van der Waals surface area contributed by atoms with Crippen molar-refractivity contribution in [2.45, 2.75) is 12.8 Å². The number of hydrogen-bond acceptors (Lipinski definition) is 4. The lowest BCUT2D eigenvalue weighted by Gasteiger charge is -2.11. The maximum Gasteiger partial charge on any atom is 0.216 e. The lowest BCUT2D eigenvalue weighted by atomic mass is 10.1. The van der Waals surface area contributed by atoms with Gasteiger partial charge in [-0.2, -0.15) is 5.10 Å². The van der Waals surface area contributed by atoms with E-state index in [1.165, 1.54) is 6.07 Å². The Hall–Kier alpha value is -3.16. The van der Waals surface area contributed by atoms with Gasteiger partial charge in [0, 0.05) is 26.6 Å². The van der Waals surface area contributed by atoms with E-state index >= 15 is 0 Å². The molecule has 0 saturated heterocycles. The number of halogens is 1. The van der Waals surface area contributed by atoms with E-state index in [2.05, 4.69) is 30.8 Å². The van der Waals surface area contributed by atoms with Crippen molar-refractivity contribution < 1.29 is 8.81 Å². The van der Waals surface area contributed by atoms with Crippen LogP contribution < -0.4 is 10.6 Å². The molecule has 0 aliphatic rings. The Bertz CT molecular complexity index is 843. The molecule has 2 aromatic heterocycles. The van der Waals surface area contributed by atoms with E-state index < -0.39 is 0 Å². The summed E-state index contributed by atoms with van der Waals surface area (Å²) in [6, 6.07) is 10.4.